The van der Waals surface area contributed by atoms with E-state index in [4.69, 9.17) is 5.73 Å². The topological polar surface area (TPSA) is 85.8 Å². The van der Waals surface area contributed by atoms with E-state index in [0.717, 1.165) is 5.69 Å². The van der Waals surface area contributed by atoms with E-state index in [1.54, 1.807) is 23.0 Å². The molecule has 1 aromatic heterocycles. The quantitative estimate of drug-likeness (QED) is 0.823. The molecule has 0 aliphatic rings. The molecule has 1 heterocycles. The molecule has 2 aromatic rings. The van der Waals surface area contributed by atoms with E-state index in [0.29, 0.717) is 25.2 Å². The van der Waals surface area contributed by atoms with Crippen LogP contribution in [0.2, 0.25) is 0 Å². The second-order valence-electron chi connectivity index (χ2n) is 4.32. The zero-order valence-electron chi connectivity index (χ0n) is 10.9. The zero-order valence-corrected chi connectivity index (χ0v) is 10.9. The number of hydrogen-bond acceptors (Lipinski definition) is 4. The van der Waals surface area contributed by atoms with Gasteiger partial charge in [-0.15, -0.1) is 5.10 Å². The third-order valence-corrected chi connectivity index (χ3v) is 2.66. The molecule has 0 bridgehead atoms. The van der Waals surface area contributed by atoms with E-state index in [1.807, 2.05) is 0 Å². The maximum absolute atomic E-state index is 13.0. The number of aromatic nitrogens is 3. The van der Waals surface area contributed by atoms with Crippen LogP contribution in [0.15, 0.2) is 30.5 Å². The second-order valence-corrected chi connectivity index (χ2v) is 4.32. The van der Waals surface area contributed by atoms with Crippen LogP contribution < -0.4 is 11.1 Å². The van der Waals surface area contributed by atoms with Gasteiger partial charge in [0.1, 0.15) is 5.82 Å². The van der Waals surface area contributed by atoms with Crippen molar-refractivity contribution >= 4 is 11.6 Å². The number of carbonyl (C=O) groups excluding carboxylic acids is 1. The maximum atomic E-state index is 13.0. The average Bonchev–Trinajstić information content (AvgIpc) is 2.85. The summed E-state index contributed by atoms with van der Waals surface area (Å²) in [5.74, 6) is -0.586. The first-order valence-electron chi connectivity index (χ1n) is 6.32. The first-order chi connectivity index (χ1) is 9.67. The van der Waals surface area contributed by atoms with Gasteiger partial charge in [-0.05, 0) is 24.7 Å². The van der Waals surface area contributed by atoms with Crippen molar-refractivity contribution < 1.29 is 9.18 Å². The van der Waals surface area contributed by atoms with Crippen LogP contribution in [0.25, 0.3) is 0 Å². The van der Waals surface area contributed by atoms with Crippen LogP contribution in [-0.2, 0) is 17.8 Å². The number of nitrogens with two attached hydrogens (primary N) is 1. The number of amides is 1. The second kappa shape index (κ2) is 6.76. The molecule has 7 heteroatoms. The molecular weight excluding hydrogens is 261 g/mol. The van der Waals surface area contributed by atoms with Crippen LogP contribution >= 0.6 is 0 Å². The van der Waals surface area contributed by atoms with Gasteiger partial charge in [-0.25, -0.2) is 4.39 Å². The van der Waals surface area contributed by atoms with E-state index < -0.39 is 0 Å². The van der Waals surface area contributed by atoms with Crippen molar-refractivity contribution in [3.05, 3.63) is 42.0 Å². The third kappa shape index (κ3) is 4.13. The minimum atomic E-state index is -0.384. The lowest BCUT2D eigenvalue weighted by molar-refractivity contribution is -0.116. The fourth-order valence-electron chi connectivity index (χ4n) is 1.72. The van der Waals surface area contributed by atoms with Crippen molar-refractivity contribution in [2.45, 2.75) is 19.4 Å². The average molecular weight is 277 g/mol. The molecule has 1 aromatic carbocycles. The number of halogens is 1. The van der Waals surface area contributed by atoms with Gasteiger partial charge in [0, 0.05) is 24.7 Å². The molecular formula is C13H16FN5O. The molecule has 0 atom stereocenters. The van der Waals surface area contributed by atoms with Gasteiger partial charge in [0.25, 0.3) is 0 Å². The number of anilines is 1. The smallest absolute Gasteiger partial charge is 0.226 e. The Hall–Kier alpha value is -2.28. The monoisotopic (exact) mass is 277 g/mol. The summed E-state index contributed by atoms with van der Waals surface area (Å²) >= 11 is 0. The van der Waals surface area contributed by atoms with Gasteiger partial charge >= 0.3 is 0 Å². The highest BCUT2D eigenvalue weighted by Gasteiger charge is 2.05. The minimum absolute atomic E-state index is 0.202. The van der Waals surface area contributed by atoms with E-state index in [1.165, 1.54) is 12.1 Å². The molecule has 1 amide bonds. The predicted molar refractivity (Wildman–Crippen MR) is 72.4 cm³/mol. The molecule has 0 radical (unpaired) electrons. The van der Waals surface area contributed by atoms with Crippen molar-refractivity contribution in [2.24, 2.45) is 5.73 Å². The van der Waals surface area contributed by atoms with Gasteiger partial charge in [0.15, 0.2) is 0 Å². The summed E-state index contributed by atoms with van der Waals surface area (Å²) in [7, 11) is 0. The standard InChI is InChI=1S/C13H16FN5O/c14-10-2-1-3-11(8-10)16-13(20)5-7-19-9-12(4-6-15)17-18-19/h1-3,8-9H,4-7,15H2,(H,16,20). The number of nitrogens with one attached hydrogen (secondary N) is 1. The summed E-state index contributed by atoms with van der Waals surface area (Å²) in [4.78, 5) is 11.7. The van der Waals surface area contributed by atoms with Gasteiger partial charge in [-0.2, -0.15) is 0 Å². The molecule has 20 heavy (non-hydrogen) atoms. The molecule has 0 saturated carbocycles. The number of benzene rings is 1. The highest BCUT2D eigenvalue weighted by atomic mass is 19.1. The first kappa shape index (κ1) is 14.1. The normalized spacial score (nSPS) is 10.5. The van der Waals surface area contributed by atoms with Gasteiger partial charge < -0.3 is 11.1 Å². The number of hydrogen-bond donors (Lipinski definition) is 2. The Kier molecular flexibility index (Phi) is 4.78. The molecule has 0 spiro atoms. The number of nitrogens with zero attached hydrogens (tertiary/aromatic N) is 3. The molecule has 106 valence electrons. The SMILES string of the molecule is NCCc1cn(CCC(=O)Nc2cccc(F)c2)nn1. The van der Waals surface area contributed by atoms with E-state index in [-0.39, 0.29) is 18.1 Å². The van der Waals surface area contributed by atoms with Crippen molar-refractivity contribution in [3.8, 4) is 0 Å². The van der Waals surface area contributed by atoms with Crippen LogP contribution in [0.3, 0.4) is 0 Å². The Balaban J connectivity index is 1.82. The zero-order chi connectivity index (χ0) is 14.4. The molecule has 0 saturated heterocycles. The largest absolute Gasteiger partial charge is 0.330 e. The summed E-state index contributed by atoms with van der Waals surface area (Å²) in [6.45, 7) is 0.928. The van der Waals surface area contributed by atoms with E-state index in [9.17, 15) is 9.18 Å². The van der Waals surface area contributed by atoms with Crippen molar-refractivity contribution in [1.29, 1.82) is 0 Å². The highest BCUT2D eigenvalue weighted by molar-refractivity contribution is 5.90. The van der Waals surface area contributed by atoms with Crippen LogP contribution in [0.1, 0.15) is 12.1 Å². The summed E-state index contributed by atoms with van der Waals surface area (Å²) in [5.41, 5.74) is 6.66. The maximum Gasteiger partial charge on any atom is 0.226 e. The molecule has 6 nitrogen and oxygen atoms in total. The predicted octanol–water partition coefficient (Wildman–Crippen LogP) is 0.947. The van der Waals surface area contributed by atoms with Gasteiger partial charge in [-0.3, -0.25) is 9.48 Å². The lowest BCUT2D eigenvalue weighted by atomic mass is 10.3. The van der Waals surface area contributed by atoms with E-state index >= 15 is 0 Å². The van der Waals surface area contributed by atoms with Crippen LogP contribution in [0, 0.1) is 5.82 Å². The minimum Gasteiger partial charge on any atom is -0.330 e. The van der Waals surface area contributed by atoms with Gasteiger partial charge in [0.2, 0.25) is 5.91 Å². The number of rotatable bonds is 6. The molecule has 0 aliphatic carbocycles. The lowest BCUT2D eigenvalue weighted by Gasteiger charge is -2.05. The fraction of sp³-hybridized carbons (Fsp3) is 0.308. The fourth-order valence-corrected chi connectivity index (χ4v) is 1.72. The van der Waals surface area contributed by atoms with E-state index in [2.05, 4.69) is 15.6 Å². The van der Waals surface area contributed by atoms with Gasteiger partial charge in [0.05, 0.1) is 12.2 Å². The Morgan fingerprint density at radius 1 is 1.45 bits per heavy atom. The molecule has 0 fully saturated rings. The highest BCUT2D eigenvalue weighted by Crippen LogP contribution is 2.09. The summed E-state index contributed by atoms with van der Waals surface area (Å²) in [6, 6.07) is 5.77. The Morgan fingerprint density at radius 3 is 3.05 bits per heavy atom. The molecule has 2 rings (SSSR count). The van der Waals surface area contributed by atoms with Crippen LogP contribution in [0.5, 0.6) is 0 Å². The first-order valence-corrected chi connectivity index (χ1v) is 6.32. The number of carbonyl (C=O) groups is 1. The molecule has 3 N–H and O–H groups in total. The molecule has 0 unspecified atom stereocenters. The summed E-state index contributed by atoms with van der Waals surface area (Å²) in [6.07, 6.45) is 2.67. The number of aryl methyl sites for hydroxylation is 1. The van der Waals surface area contributed by atoms with Gasteiger partial charge in [-0.1, -0.05) is 11.3 Å². The van der Waals surface area contributed by atoms with Crippen molar-refractivity contribution in [1.82, 2.24) is 15.0 Å². The van der Waals surface area contributed by atoms with Crippen LogP contribution in [0.4, 0.5) is 10.1 Å². The Labute approximate surface area is 115 Å². The van der Waals surface area contributed by atoms with Crippen LogP contribution in [-0.4, -0.2) is 27.4 Å². The Bertz CT molecular complexity index is 584. The summed E-state index contributed by atoms with van der Waals surface area (Å²) in [5, 5.41) is 10.5. The Morgan fingerprint density at radius 2 is 2.30 bits per heavy atom. The summed E-state index contributed by atoms with van der Waals surface area (Å²) < 4.78 is 14.6. The van der Waals surface area contributed by atoms with Crippen molar-refractivity contribution in [2.75, 3.05) is 11.9 Å². The molecule has 0 aliphatic heterocycles. The lowest BCUT2D eigenvalue weighted by Crippen LogP contribution is -2.14. The third-order valence-electron chi connectivity index (χ3n) is 2.66. The van der Waals surface area contributed by atoms with Crippen molar-refractivity contribution in [3.63, 3.8) is 0 Å².